The van der Waals surface area contributed by atoms with Gasteiger partial charge in [0.15, 0.2) is 0 Å². The molecular formula is C10H11F2NO2. The Hall–Kier alpha value is -1.65. The molecule has 0 atom stereocenters. The van der Waals surface area contributed by atoms with Crippen LogP contribution in [0.1, 0.15) is 16.8 Å². The van der Waals surface area contributed by atoms with Gasteiger partial charge in [-0.1, -0.05) is 0 Å². The molecule has 0 saturated heterocycles. The Morgan fingerprint density at radius 3 is 2.80 bits per heavy atom. The van der Waals surface area contributed by atoms with Crippen molar-refractivity contribution in [3.8, 4) is 0 Å². The Bertz CT molecular complexity index is 355. The van der Waals surface area contributed by atoms with E-state index in [-0.39, 0.29) is 24.3 Å². The molecule has 0 aromatic heterocycles. The summed E-state index contributed by atoms with van der Waals surface area (Å²) >= 11 is 0. The Kier molecular flexibility index (Phi) is 4.03. The fraction of sp³-hybridized carbons (Fsp3) is 0.300. The summed E-state index contributed by atoms with van der Waals surface area (Å²) in [7, 11) is 0. The Labute approximate surface area is 85.8 Å². The maximum absolute atomic E-state index is 12.6. The van der Waals surface area contributed by atoms with Crippen LogP contribution in [0.25, 0.3) is 0 Å². The van der Waals surface area contributed by atoms with Gasteiger partial charge in [-0.2, -0.15) is 0 Å². The van der Waals surface area contributed by atoms with Crippen molar-refractivity contribution in [1.82, 2.24) is 0 Å². The molecule has 0 saturated carbocycles. The Morgan fingerprint density at radius 2 is 2.20 bits per heavy atom. The van der Waals surface area contributed by atoms with Crippen LogP contribution in [0.4, 0.5) is 14.5 Å². The van der Waals surface area contributed by atoms with E-state index in [1.54, 1.807) is 0 Å². The minimum absolute atomic E-state index is 0.00779. The van der Waals surface area contributed by atoms with E-state index in [1.807, 2.05) is 0 Å². The largest absolute Gasteiger partial charge is 0.462 e. The number of anilines is 1. The molecule has 0 aliphatic heterocycles. The third-order valence-corrected chi connectivity index (χ3v) is 1.74. The van der Waals surface area contributed by atoms with E-state index in [4.69, 9.17) is 10.5 Å². The van der Waals surface area contributed by atoms with Gasteiger partial charge in [-0.25, -0.2) is 9.18 Å². The van der Waals surface area contributed by atoms with Crippen molar-refractivity contribution in [2.45, 2.75) is 6.42 Å². The first-order valence-corrected chi connectivity index (χ1v) is 4.43. The first kappa shape index (κ1) is 11.4. The van der Waals surface area contributed by atoms with Crippen molar-refractivity contribution < 1.29 is 18.3 Å². The predicted molar refractivity (Wildman–Crippen MR) is 51.7 cm³/mol. The van der Waals surface area contributed by atoms with Crippen LogP contribution in [0.15, 0.2) is 18.2 Å². The van der Waals surface area contributed by atoms with Crippen molar-refractivity contribution >= 4 is 11.7 Å². The van der Waals surface area contributed by atoms with E-state index in [9.17, 15) is 13.6 Å². The highest BCUT2D eigenvalue weighted by molar-refractivity contribution is 5.94. The molecule has 5 heteroatoms. The quantitative estimate of drug-likeness (QED) is 0.474. The number of nitrogens with two attached hydrogens (primary N) is 1. The molecule has 3 nitrogen and oxygen atoms in total. The van der Waals surface area contributed by atoms with Gasteiger partial charge in [0.2, 0.25) is 0 Å². The first-order chi connectivity index (χ1) is 7.15. The van der Waals surface area contributed by atoms with Crippen LogP contribution in [0, 0.1) is 5.82 Å². The number of carbonyl (C=O) groups is 1. The standard InChI is InChI=1S/C10H11F2NO2/c11-4-1-5-15-10(14)8-3-2-7(12)6-9(8)13/h2-3,6H,1,4-5,13H2. The van der Waals surface area contributed by atoms with Gasteiger partial charge in [0.25, 0.3) is 0 Å². The minimum atomic E-state index is -0.666. The number of nitrogen functional groups attached to an aromatic ring is 1. The van der Waals surface area contributed by atoms with Crippen LogP contribution in [-0.2, 0) is 4.74 Å². The normalized spacial score (nSPS) is 10.0. The van der Waals surface area contributed by atoms with E-state index in [0.29, 0.717) is 0 Å². The summed E-state index contributed by atoms with van der Waals surface area (Å²) in [6, 6.07) is 3.39. The summed E-state index contributed by atoms with van der Waals surface area (Å²) in [5.74, 6) is -1.19. The zero-order chi connectivity index (χ0) is 11.3. The molecule has 0 heterocycles. The molecule has 0 aliphatic rings. The lowest BCUT2D eigenvalue weighted by Crippen LogP contribution is -2.09. The van der Waals surface area contributed by atoms with E-state index in [0.717, 1.165) is 12.1 Å². The van der Waals surface area contributed by atoms with Gasteiger partial charge in [0, 0.05) is 12.1 Å². The fourth-order valence-electron chi connectivity index (χ4n) is 1.02. The molecule has 0 spiro atoms. The summed E-state index contributed by atoms with van der Waals surface area (Å²) in [5, 5.41) is 0. The predicted octanol–water partition coefficient (Wildman–Crippen LogP) is 1.92. The molecule has 0 bridgehead atoms. The van der Waals surface area contributed by atoms with E-state index in [2.05, 4.69) is 0 Å². The monoisotopic (exact) mass is 215 g/mol. The molecule has 82 valence electrons. The number of hydrogen-bond donors (Lipinski definition) is 1. The molecule has 1 aromatic rings. The highest BCUT2D eigenvalue weighted by Gasteiger charge is 2.11. The molecule has 0 aliphatic carbocycles. The zero-order valence-corrected chi connectivity index (χ0v) is 8.00. The molecule has 15 heavy (non-hydrogen) atoms. The summed E-state index contributed by atoms with van der Waals surface area (Å²) in [4.78, 5) is 11.3. The number of ether oxygens (including phenoxy) is 1. The summed E-state index contributed by atoms with van der Waals surface area (Å²) in [6.45, 7) is -0.557. The highest BCUT2D eigenvalue weighted by Crippen LogP contribution is 2.14. The highest BCUT2D eigenvalue weighted by atomic mass is 19.1. The number of carbonyl (C=O) groups excluding carboxylic acids is 1. The number of alkyl halides is 1. The number of benzene rings is 1. The van der Waals surface area contributed by atoms with E-state index >= 15 is 0 Å². The minimum Gasteiger partial charge on any atom is -0.462 e. The third-order valence-electron chi connectivity index (χ3n) is 1.74. The summed E-state index contributed by atoms with van der Waals surface area (Å²) in [6.07, 6.45) is 0.146. The summed E-state index contributed by atoms with van der Waals surface area (Å²) < 4.78 is 29.1. The number of esters is 1. The van der Waals surface area contributed by atoms with Crippen LogP contribution >= 0.6 is 0 Å². The zero-order valence-electron chi connectivity index (χ0n) is 8.00. The summed E-state index contributed by atoms with van der Waals surface area (Å²) in [5.41, 5.74) is 5.52. The lowest BCUT2D eigenvalue weighted by molar-refractivity contribution is 0.0495. The topological polar surface area (TPSA) is 52.3 Å². The van der Waals surface area contributed by atoms with Gasteiger partial charge in [0.1, 0.15) is 5.82 Å². The van der Waals surface area contributed by atoms with Gasteiger partial charge in [-0.05, 0) is 18.2 Å². The lowest BCUT2D eigenvalue weighted by Gasteiger charge is -2.05. The average Bonchev–Trinajstić information content (AvgIpc) is 2.17. The van der Waals surface area contributed by atoms with E-state index in [1.165, 1.54) is 6.07 Å². The van der Waals surface area contributed by atoms with Crippen molar-refractivity contribution in [2.24, 2.45) is 0 Å². The third kappa shape index (κ3) is 3.19. The number of rotatable bonds is 4. The van der Waals surface area contributed by atoms with Crippen LogP contribution in [0.2, 0.25) is 0 Å². The van der Waals surface area contributed by atoms with Crippen molar-refractivity contribution in [2.75, 3.05) is 19.0 Å². The maximum atomic E-state index is 12.6. The van der Waals surface area contributed by atoms with E-state index < -0.39 is 18.5 Å². The lowest BCUT2D eigenvalue weighted by atomic mass is 10.2. The van der Waals surface area contributed by atoms with Crippen molar-refractivity contribution in [3.05, 3.63) is 29.6 Å². The smallest absolute Gasteiger partial charge is 0.340 e. The van der Waals surface area contributed by atoms with Gasteiger partial charge in [-0.3, -0.25) is 4.39 Å². The van der Waals surface area contributed by atoms with Crippen molar-refractivity contribution in [3.63, 3.8) is 0 Å². The van der Waals surface area contributed by atoms with Crippen LogP contribution in [0.5, 0.6) is 0 Å². The molecule has 0 amide bonds. The SMILES string of the molecule is Nc1cc(F)ccc1C(=O)OCCCF. The first-order valence-electron chi connectivity index (χ1n) is 4.43. The van der Waals surface area contributed by atoms with Crippen LogP contribution in [0.3, 0.4) is 0 Å². The average molecular weight is 215 g/mol. The van der Waals surface area contributed by atoms with Gasteiger partial charge < -0.3 is 10.5 Å². The molecule has 0 fully saturated rings. The Morgan fingerprint density at radius 1 is 1.47 bits per heavy atom. The second-order valence-electron chi connectivity index (χ2n) is 2.91. The number of hydrogen-bond acceptors (Lipinski definition) is 3. The molecule has 1 aromatic carbocycles. The fourth-order valence-corrected chi connectivity index (χ4v) is 1.02. The van der Waals surface area contributed by atoms with Crippen LogP contribution in [-0.4, -0.2) is 19.3 Å². The molecule has 0 unspecified atom stereocenters. The Balaban J connectivity index is 2.65. The second kappa shape index (κ2) is 5.29. The van der Waals surface area contributed by atoms with Gasteiger partial charge >= 0.3 is 5.97 Å². The number of halogens is 2. The van der Waals surface area contributed by atoms with Gasteiger partial charge in [0.05, 0.1) is 18.8 Å². The molecule has 2 N–H and O–H groups in total. The molecule has 1 rings (SSSR count). The molecule has 0 radical (unpaired) electrons. The second-order valence-corrected chi connectivity index (χ2v) is 2.91. The van der Waals surface area contributed by atoms with Crippen LogP contribution < -0.4 is 5.73 Å². The molecular weight excluding hydrogens is 204 g/mol. The van der Waals surface area contributed by atoms with Crippen molar-refractivity contribution in [1.29, 1.82) is 0 Å². The maximum Gasteiger partial charge on any atom is 0.340 e. The van der Waals surface area contributed by atoms with Gasteiger partial charge in [-0.15, -0.1) is 0 Å².